The molecule has 1 N–H and O–H groups in total. The number of rotatable bonds is 1. The van der Waals surface area contributed by atoms with E-state index in [4.69, 9.17) is 4.74 Å². The fraction of sp³-hybridized carbons (Fsp3) is 0.385. The standard InChI is InChI=1S/C13H16BrN3O2/c1-13(2,3)19-12(18)16-11-15-9-6-5-8(14)7-10(9)17(11)4/h5-7H,1-4H3,(H,15,16,18). The molecule has 1 aromatic heterocycles. The number of fused-ring (bicyclic) bond motifs is 1. The average Bonchev–Trinajstić information content (AvgIpc) is 2.54. The van der Waals surface area contributed by atoms with Crippen molar-refractivity contribution in [2.24, 2.45) is 7.05 Å². The van der Waals surface area contributed by atoms with Crippen LogP contribution in [0, 0.1) is 0 Å². The van der Waals surface area contributed by atoms with Crippen LogP contribution in [-0.2, 0) is 11.8 Å². The van der Waals surface area contributed by atoms with Gasteiger partial charge in [-0.3, -0.25) is 5.32 Å². The SMILES string of the molecule is Cn1c(NC(=O)OC(C)(C)C)nc2ccc(Br)cc21. The molecule has 1 heterocycles. The van der Waals surface area contributed by atoms with Gasteiger partial charge in [0.25, 0.3) is 0 Å². The molecule has 0 atom stereocenters. The first kappa shape index (κ1) is 13.9. The predicted octanol–water partition coefficient (Wildman–Crippen LogP) is 3.68. The van der Waals surface area contributed by atoms with Crippen molar-refractivity contribution in [3.63, 3.8) is 0 Å². The van der Waals surface area contributed by atoms with Crippen LogP contribution in [0.5, 0.6) is 0 Å². The van der Waals surface area contributed by atoms with E-state index in [1.807, 2.05) is 50.6 Å². The molecular weight excluding hydrogens is 310 g/mol. The number of ether oxygens (including phenoxy) is 1. The lowest BCUT2D eigenvalue weighted by Crippen LogP contribution is -2.28. The molecule has 0 fully saturated rings. The number of halogens is 1. The van der Waals surface area contributed by atoms with E-state index in [1.54, 1.807) is 0 Å². The van der Waals surface area contributed by atoms with Crippen molar-refractivity contribution in [1.29, 1.82) is 0 Å². The number of nitrogens with one attached hydrogen (secondary N) is 1. The van der Waals surface area contributed by atoms with Gasteiger partial charge < -0.3 is 9.30 Å². The maximum atomic E-state index is 11.7. The van der Waals surface area contributed by atoms with Crippen LogP contribution in [0.1, 0.15) is 20.8 Å². The minimum atomic E-state index is -0.530. The molecule has 2 rings (SSSR count). The lowest BCUT2D eigenvalue weighted by molar-refractivity contribution is 0.0634. The van der Waals surface area contributed by atoms with Crippen LogP contribution >= 0.6 is 15.9 Å². The number of amides is 1. The lowest BCUT2D eigenvalue weighted by atomic mass is 10.2. The Bertz CT molecular complexity index is 629. The van der Waals surface area contributed by atoms with Crippen molar-refractivity contribution in [2.45, 2.75) is 26.4 Å². The normalized spacial score (nSPS) is 11.6. The molecule has 0 saturated carbocycles. The molecule has 1 amide bonds. The minimum absolute atomic E-state index is 0.461. The average molecular weight is 326 g/mol. The number of anilines is 1. The van der Waals surface area contributed by atoms with E-state index in [2.05, 4.69) is 26.2 Å². The maximum Gasteiger partial charge on any atom is 0.414 e. The number of hydrogen-bond donors (Lipinski definition) is 1. The quantitative estimate of drug-likeness (QED) is 0.870. The van der Waals surface area contributed by atoms with Crippen molar-refractivity contribution < 1.29 is 9.53 Å². The van der Waals surface area contributed by atoms with Crippen LogP contribution in [0.4, 0.5) is 10.7 Å². The van der Waals surface area contributed by atoms with Gasteiger partial charge in [-0.15, -0.1) is 0 Å². The van der Waals surface area contributed by atoms with E-state index in [0.717, 1.165) is 15.5 Å². The Balaban J connectivity index is 2.26. The van der Waals surface area contributed by atoms with Crippen LogP contribution in [-0.4, -0.2) is 21.2 Å². The largest absolute Gasteiger partial charge is 0.444 e. The van der Waals surface area contributed by atoms with Crippen LogP contribution < -0.4 is 5.32 Å². The van der Waals surface area contributed by atoms with Gasteiger partial charge in [0.05, 0.1) is 11.0 Å². The van der Waals surface area contributed by atoms with Crippen molar-refractivity contribution >= 4 is 39.0 Å². The molecule has 2 aromatic rings. The van der Waals surface area contributed by atoms with E-state index < -0.39 is 11.7 Å². The number of carbonyl (C=O) groups is 1. The molecule has 0 radical (unpaired) electrons. The third kappa shape index (κ3) is 3.26. The molecule has 0 aliphatic carbocycles. The summed E-state index contributed by atoms with van der Waals surface area (Å²) in [5, 5.41) is 2.65. The third-order valence-electron chi connectivity index (χ3n) is 2.46. The second-order valence-electron chi connectivity index (χ2n) is 5.25. The summed E-state index contributed by atoms with van der Waals surface area (Å²) in [6.45, 7) is 5.45. The summed E-state index contributed by atoms with van der Waals surface area (Å²) in [7, 11) is 1.84. The van der Waals surface area contributed by atoms with Gasteiger partial charge in [0.2, 0.25) is 5.95 Å². The smallest absolute Gasteiger partial charge is 0.414 e. The van der Waals surface area contributed by atoms with Gasteiger partial charge in [0.15, 0.2) is 0 Å². The van der Waals surface area contributed by atoms with Gasteiger partial charge in [0, 0.05) is 11.5 Å². The number of imidazole rings is 1. The van der Waals surface area contributed by atoms with Crippen molar-refractivity contribution in [1.82, 2.24) is 9.55 Å². The van der Waals surface area contributed by atoms with E-state index in [9.17, 15) is 4.79 Å². The molecule has 0 aliphatic rings. The highest BCUT2D eigenvalue weighted by Gasteiger charge is 2.18. The van der Waals surface area contributed by atoms with Crippen molar-refractivity contribution in [2.75, 3.05) is 5.32 Å². The highest BCUT2D eigenvalue weighted by molar-refractivity contribution is 9.10. The summed E-state index contributed by atoms with van der Waals surface area (Å²) in [5.74, 6) is 0.461. The first-order valence-corrected chi connectivity index (χ1v) is 6.67. The summed E-state index contributed by atoms with van der Waals surface area (Å²) in [4.78, 5) is 16.1. The summed E-state index contributed by atoms with van der Waals surface area (Å²) >= 11 is 3.41. The molecule has 0 spiro atoms. The highest BCUT2D eigenvalue weighted by Crippen LogP contribution is 2.22. The highest BCUT2D eigenvalue weighted by atomic mass is 79.9. The van der Waals surface area contributed by atoms with Crippen molar-refractivity contribution in [3.8, 4) is 0 Å². The summed E-state index contributed by atoms with van der Waals surface area (Å²) in [6.07, 6.45) is -0.509. The molecular formula is C13H16BrN3O2. The summed E-state index contributed by atoms with van der Waals surface area (Å²) in [5.41, 5.74) is 1.22. The Morgan fingerprint density at radius 3 is 2.74 bits per heavy atom. The van der Waals surface area contributed by atoms with Gasteiger partial charge in [-0.25, -0.2) is 9.78 Å². The number of hydrogen-bond acceptors (Lipinski definition) is 3. The first-order valence-electron chi connectivity index (χ1n) is 5.88. The molecule has 0 saturated heterocycles. The number of benzene rings is 1. The van der Waals surface area contributed by atoms with Crippen LogP contribution in [0.2, 0.25) is 0 Å². The first-order chi connectivity index (χ1) is 8.76. The molecule has 0 aliphatic heterocycles. The molecule has 102 valence electrons. The zero-order valence-corrected chi connectivity index (χ0v) is 12.9. The van der Waals surface area contributed by atoms with Crippen LogP contribution in [0.15, 0.2) is 22.7 Å². The number of aryl methyl sites for hydroxylation is 1. The Morgan fingerprint density at radius 1 is 1.42 bits per heavy atom. The Morgan fingerprint density at radius 2 is 2.11 bits per heavy atom. The molecule has 6 heteroatoms. The Kier molecular flexibility index (Phi) is 3.54. The number of nitrogens with zero attached hydrogens (tertiary/aromatic N) is 2. The predicted molar refractivity (Wildman–Crippen MR) is 78.3 cm³/mol. The Hall–Kier alpha value is -1.56. The zero-order valence-electron chi connectivity index (χ0n) is 11.3. The number of carbonyl (C=O) groups excluding carboxylic acids is 1. The van der Waals surface area contributed by atoms with Gasteiger partial charge in [-0.05, 0) is 39.0 Å². The number of aromatic nitrogens is 2. The van der Waals surface area contributed by atoms with E-state index in [1.165, 1.54) is 0 Å². The second kappa shape index (κ2) is 4.85. The van der Waals surface area contributed by atoms with E-state index in [-0.39, 0.29) is 0 Å². The van der Waals surface area contributed by atoms with Gasteiger partial charge in [-0.2, -0.15) is 0 Å². The zero-order chi connectivity index (χ0) is 14.2. The Labute approximate surface area is 120 Å². The topological polar surface area (TPSA) is 56.2 Å². The molecule has 0 bridgehead atoms. The van der Waals surface area contributed by atoms with Crippen molar-refractivity contribution in [3.05, 3.63) is 22.7 Å². The fourth-order valence-corrected chi connectivity index (χ4v) is 2.02. The minimum Gasteiger partial charge on any atom is -0.444 e. The van der Waals surface area contributed by atoms with Gasteiger partial charge in [0.1, 0.15) is 5.60 Å². The van der Waals surface area contributed by atoms with E-state index >= 15 is 0 Å². The fourth-order valence-electron chi connectivity index (χ4n) is 1.67. The van der Waals surface area contributed by atoms with Crippen LogP contribution in [0.25, 0.3) is 11.0 Å². The van der Waals surface area contributed by atoms with Gasteiger partial charge >= 0.3 is 6.09 Å². The van der Waals surface area contributed by atoms with E-state index in [0.29, 0.717) is 5.95 Å². The summed E-state index contributed by atoms with van der Waals surface area (Å²) < 4.78 is 7.98. The third-order valence-corrected chi connectivity index (χ3v) is 2.95. The lowest BCUT2D eigenvalue weighted by Gasteiger charge is -2.19. The molecule has 19 heavy (non-hydrogen) atoms. The second-order valence-corrected chi connectivity index (χ2v) is 6.17. The van der Waals surface area contributed by atoms with Crippen LogP contribution in [0.3, 0.4) is 0 Å². The van der Waals surface area contributed by atoms with Gasteiger partial charge in [-0.1, -0.05) is 15.9 Å². The molecule has 5 nitrogen and oxygen atoms in total. The maximum absolute atomic E-state index is 11.7. The molecule has 0 unspecified atom stereocenters. The molecule has 1 aromatic carbocycles. The monoisotopic (exact) mass is 325 g/mol. The summed E-state index contributed by atoms with van der Waals surface area (Å²) in [6, 6.07) is 5.74.